The molecule has 174 valence electrons. The summed E-state index contributed by atoms with van der Waals surface area (Å²) in [6.07, 6.45) is 5.62. The highest BCUT2D eigenvalue weighted by atomic mass is 35.5. The molecule has 0 bridgehead atoms. The second-order valence-corrected chi connectivity index (χ2v) is 9.20. The Hall–Kier alpha value is -3.52. The molecule has 2 N–H and O–H groups in total. The number of aromatic nitrogens is 4. The van der Waals surface area contributed by atoms with Gasteiger partial charge in [-0.2, -0.15) is 0 Å². The zero-order valence-electron chi connectivity index (χ0n) is 18.4. The van der Waals surface area contributed by atoms with Gasteiger partial charge in [0.25, 0.3) is 0 Å². The van der Waals surface area contributed by atoms with E-state index in [-0.39, 0.29) is 11.3 Å². The van der Waals surface area contributed by atoms with Gasteiger partial charge < -0.3 is 14.8 Å². The number of nitrogens with zero attached hydrogens (tertiary/aromatic N) is 3. The second kappa shape index (κ2) is 8.68. The quantitative estimate of drug-likeness (QED) is 0.345. The molecule has 0 spiro atoms. The van der Waals surface area contributed by atoms with Crippen molar-refractivity contribution in [2.45, 2.75) is 38.7 Å². The van der Waals surface area contributed by atoms with E-state index in [1.54, 1.807) is 43.6 Å². The van der Waals surface area contributed by atoms with E-state index in [0.29, 0.717) is 59.5 Å². The van der Waals surface area contributed by atoms with Crippen LogP contribution in [0.2, 0.25) is 5.15 Å². The normalized spacial score (nSPS) is 20.4. The Morgan fingerprint density at radius 3 is 2.59 bits per heavy atom. The average Bonchev–Trinajstić information content (AvgIpc) is 3.26. The van der Waals surface area contributed by atoms with Crippen LogP contribution in [0.4, 0.5) is 4.39 Å². The molecule has 5 rings (SSSR count). The number of benzene rings is 1. The van der Waals surface area contributed by atoms with Crippen molar-refractivity contribution in [1.29, 1.82) is 0 Å². The van der Waals surface area contributed by atoms with Crippen LogP contribution < -0.4 is 4.74 Å². The van der Waals surface area contributed by atoms with Crippen molar-refractivity contribution in [3.63, 3.8) is 0 Å². The summed E-state index contributed by atoms with van der Waals surface area (Å²) in [6, 6.07) is 10.2. The molecule has 3 aromatic heterocycles. The molecule has 0 amide bonds. The third-order valence-electron chi connectivity index (χ3n) is 6.49. The summed E-state index contributed by atoms with van der Waals surface area (Å²) >= 11 is 6.09. The Labute approximate surface area is 200 Å². The van der Waals surface area contributed by atoms with Gasteiger partial charge in [-0.15, -0.1) is 0 Å². The van der Waals surface area contributed by atoms with Crippen LogP contribution in [0.1, 0.15) is 32.6 Å². The molecule has 0 aliphatic heterocycles. The molecular weight excluding hydrogens is 459 g/mol. The van der Waals surface area contributed by atoms with E-state index in [0.717, 1.165) is 5.56 Å². The van der Waals surface area contributed by atoms with E-state index in [1.807, 2.05) is 6.07 Å². The highest BCUT2D eigenvalue weighted by Crippen LogP contribution is 2.37. The van der Waals surface area contributed by atoms with Gasteiger partial charge in [-0.25, -0.2) is 19.3 Å². The maximum absolute atomic E-state index is 15.0. The maximum atomic E-state index is 15.0. The zero-order chi connectivity index (χ0) is 23.9. The molecule has 7 nitrogen and oxygen atoms in total. The fourth-order valence-electron chi connectivity index (χ4n) is 4.27. The van der Waals surface area contributed by atoms with Crippen LogP contribution in [0.3, 0.4) is 0 Å². The number of aliphatic carboxylic acids is 1. The van der Waals surface area contributed by atoms with Gasteiger partial charge in [-0.05, 0) is 62.4 Å². The predicted octanol–water partition coefficient (Wildman–Crippen LogP) is 5.89. The lowest BCUT2D eigenvalue weighted by atomic mass is 9.75. The number of carbonyl (C=O) groups is 1. The predicted molar refractivity (Wildman–Crippen MR) is 126 cm³/mol. The molecule has 1 aromatic carbocycles. The highest BCUT2D eigenvalue weighted by molar-refractivity contribution is 6.33. The number of carboxylic acid groups (broad SMARTS) is 1. The minimum atomic E-state index is -0.757. The Morgan fingerprint density at radius 1 is 1.18 bits per heavy atom. The van der Waals surface area contributed by atoms with Crippen LogP contribution in [0.5, 0.6) is 5.88 Å². The number of ether oxygens (including phenoxy) is 1. The number of nitrogens with one attached hydrogen (secondary N) is 1. The number of hydrogen-bond acceptors (Lipinski definition) is 5. The number of fused-ring (bicyclic) bond motifs is 1. The summed E-state index contributed by atoms with van der Waals surface area (Å²) in [5.74, 6) is -0.336. The van der Waals surface area contributed by atoms with Gasteiger partial charge in [0.15, 0.2) is 5.15 Å². The largest absolute Gasteiger partial charge is 0.481 e. The molecule has 3 heterocycles. The SMILES string of the molecule is C[C@]1(C(=O)O)CC[C@@H](Oc2ccc(-c3ccc(-c4nc5ccnc(Cl)c5[nH]4)c(F)c3)cn2)CC1. The first-order valence-electron chi connectivity index (χ1n) is 11.0. The van der Waals surface area contributed by atoms with Crippen LogP contribution in [-0.2, 0) is 4.79 Å². The van der Waals surface area contributed by atoms with E-state index >= 15 is 0 Å². The second-order valence-electron chi connectivity index (χ2n) is 8.84. The fourth-order valence-corrected chi connectivity index (χ4v) is 4.47. The van der Waals surface area contributed by atoms with Gasteiger partial charge in [0.1, 0.15) is 23.3 Å². The van der Waals surface area contributed by atoms with E-state index in [1.165, 1.54) is 6.07 Å². The molecule has 0 atom stereocenters. The van der Waals surface area contributed by atoms with Crippen LogP contribution in [-0.4, -0.2) is 37.1 Å². The number of rotatable bonds is 5. The topological polar surface area (TPSA) is 101 Å². The van der Waals surface area contributed by atoms with E-state index < -0.39 is 17.2 Å². The third kappa shape index (κ3) is 4.21. The monoisotopic (exact) mass is 480 g/mol. The van der Waals surface area contributed by atoms with Gasteiger partial charge in [0.05, 0.1) is 16.5 Å². The molecule has 0 radical (unpaired) electrons. The molecule has 9 heteroatoms. The lowest BCUT2D eigenvalue weighted by molar-refractivity contribution is -0.150. The fraction of sp³-hybridized carbons (Fsp3) is 0.280. The standard InChI is InChI=1S/C25H22ClFN4O3/c1-25(24(32)33)9-6-16(7-10-25)34-20-5-3-15(13-29-20)14-2-4-17(18(27)12-14)23-30-19-8-11-28-22(26)21(19)31-23/h2-5,8,11-13,16H,6-7,9-10H2,1H3,(H,30,31)(H,32,33)/t16-,25+. The van der Waals surface area contributed by atoms with Crippen molar-refractivity contribution < 1.29 is 19.0 Å². The van der Waals surface area contributed by atoms with Gasteiger partial charge >= 0.3 is 5.97 Å². The minimum absolute atomic E-state index is 0.0602. The van der Waals surface area contributed by atoms with Crippen LogP contribution in [0.25, 0.3) is 33.5 Å². The van der Waals surface area contributed by atoms with Crippen molar-refractivity contribution in [3.8, 4) is 28.4 Å². The highest BCUT2D eigenvalue weighted by Gasteiger charge is 2.38. The zero-order valence-corrected chi connectivity index (χ0v) is 19.1. The molecule has 34 heavy (non-hydrogen) atoms. The van der Waals surface area contributed by atoms with Crippen LogP contribution in [0.15, 0.2) is 48.8 Å². The molecule has 1 fully saturated rings. The molecular formula is C25H22ClFN4O3. The summed E-state index contributed by atoms with van der Waals surface area (Å²) in [5, 5.41) is 9.65. The summed E-state index contributed by atoms with van der Waals surface area (Å²) in [7, 11) is 0. The number of imidazole rings is 1. The Balaban J connectivity index is 1.29. The number of halogens is 2. The van der Waals surface area contributed by atoms with Crippen molar-refractivity contribution in [3.05, 3.63) is 59.8 Å². The lowest BCUT2D eigenvalue weighted by Gasteiger charge is -2.33. The first-order valence-corrected chi connectivity index (χ1v) is 11.4. The molecule has 0 unspecified atom stereocenters. The number of carboxylic acids is 1. The number of aromatic amines is 1. The van der Waals surface area contributed by atoms with Gasteiger partial charge in [0, 0.05) is 24.0 Å². The lowest BCUT2D eigenvalue weighted by Crippen LogP contribution is -2.36. The smallest absolute Gasteiger partial charge is 0.309 e. The third-order valence-corrected chi connectivity index (χ3v) is 6.78. The Bertz CT molecular complexity index is 1360. The van der Waals surface area contributed by atoms with Crippen molar-refractivity contribution in [2.24, 2.45) is 5.41 Å². The maximum Gasteiger partial charge on any atom is 0.309 e. The van der Waals surface area contributed by atoms with E-state index in [4.69, 9.17) is 16.3 Å². The summed E-state index contributed by atoms with van der Waals surface area (Å²) < 4.78 is 20.9. The Kier molecular flexibility index (Phi) is 5.69. The first kappa shape index (κ1) is 22.3. The Morgan fingerprint density at radius 2 is 1.94 bits per heavy atom. The number of H-pyrrole nitrogens is 1. The average molecular weight is 481 g/mol. The summed E-state index contributed by atoms with van der Waals surface area (Å²) in [6.45, 7) is 1.78. The van der Waals surface area contributed by atoms with Crippen molar-refractivity contribution in [2.75, 3.05) is 0 Å². The van der Waals surface area contributed by atoms with E-state index in [9.17, 15) is 14.3 Å². The summed E-state index contributed by atoms with van der Waals surface area (Å²) in [5.41, 5.74) is 2.24. The minimum Gasteiger partial charge on any atom is -0.481 e. The van der Waals surface area contributed by atoms with Crippen LogP contribution in [0, 0.1) is 11.2 Å². The van der Waals surface area contributed by atoms with Gasteiger partial charge in [-0.1, -0.05) is 17.7 Å². The molecule has 0 saturated heterocycles. The van der Waals surface area contributed by atoms with Crippen molar-refractivity contribution >= 4 is 28.6 Å². The number of pyridine rings is 2. The molecule has 1 saturated carbocycles. The van der Waals surface area contributed by atoms with Crippen LogP contribution >= 0.6 is 11.6 Å². The molecule has 4 aromatic rings. The number of hydrogen-bond donors (Lipinski definition) is 2. The van der Waals surface area contributed by atoms with Gasteiger partial charge in [0.2, 0.25) is 5.88 Å². The molecule has 1 aliphatic carbocycles. The summed E-state index contributed by atoms with van der Waals surface area (Å²) in [4.78, 5) is 27.2. The first-order chi connectivity index (χ1) is 16.3. The van der Waals surface area contributed by atoms with Gasteiger partial charge in [-0.3, -0.25) is 4.79 Å². The van der Waals surface area contributed by atoms with Crippen molar-refractivity contribution in [1.82, 2.24) is 19.9 Å². The molecule has 1 aliphatic rings. The van der Waals surface area contributed by atoms with E-state index in [2.05, 4.69) is 19.9 Å².